The van der Waals surface area contributed by atoms with Crippen LogP contribution in [0.2, 0.25) is 5.02 Å². The molecule has 0 radical (unpaired) electrons. The van der Waals surface area contributed by atoms with Crippen molar-refractivity contribution in [3.05, 3.63) is 28.8 Å². The maximum atomic E-state index is 12.2. The van der Waals surface area contributed by atoms with Gasteiger partial charge in [-0.3, -0.25) is 4.79 Å². The zero-order chi connectivity index (χ0) is 16.2. The molecular formula is C16H21ClN2O2. The van der Waals surface area contributed by atoms with E-state index >= 15 is 0 Å². The van der Waals surface area contributed by atoms with Gasteiger partial charge < -0.3 is 10.1 Å². The van der Waals surface area contributed by atoms with E-state index in [1.165, 1.54) is 0 Å². The highest BCUT2D eigenvalue weighted by molar-refractivity contribution is 6.30. The summed E-state index contributed by atoms with van der Waals surface area (Å²) in [5.41, 5.74) is -0.0573. The third-order valence-electron chi connectivity index (χ3n) is 3.58. The first-order valence-corrected chi connectivity index (χ1v) is 7.23. The molecule has 0 unspecified atom stereocenters. The average molecular weight is 309 g/mol. The fourth-order valence-electron chi connectivity index (χ4n) is 1.65. The first-order valence-electron chi connectivity index (χ1n) is 6.85. The summed E-state index contributed by atoms with van der Waals surface area (Å²) in [6, 6.07) is 7.35. The van der Waals surface area contributed by atoms with Gasteiger partial charge in [0.05, 0.1) is 6.07 Å². The number of rotatable bonds is 5. The van der Waals surface area contributed by atoms with Crippen LogP contribution in [0.5, 0.6) is 5.75 Å². The fraction of sp³-hybridized carbons (Fsp3) is 0.500. The zero-order valence-electron chi connectivity index (χ0n) is 13.0. The molecule has 4 nitrogen and oxygen atoms in total. The highest BCUT2D eigenvalue weighted by atomic mass is 35.5. The van der Waals surface area contributed by atoms with Crippen LogP contribution in [0.3, 0.4) is 0 Å². The highest BCUT2D eigenvalue weighted by Crippen LogP contribution is 2.23. The SMILES string of the molecule is Cc1cc(Cl)ccc1O[C@H](C)C(=O)N[C@](C)(C#N)C(C)C. The molecule has 0 spiro atoms. The molecule has 1 rings (SSSR count). The number of ether oxygens (including phenoxy) is 1. The van der Waals surface area contributed by atoms with Gasteiger partial charge in [0.2, 0.25) is 0 Å². The smallest absolute Gasteiger partial charge is 0.262 e. The van der Waals surface area contributed by atoms with Gasteiger partial charge >= 0.3 is 0 Å². The number of nitrogens with one attached hydrogen (secondary N) is 1. The molecule has 0 bridgehead atoms. The lowest BCUT2D eigenvalue weighted by atomic mass is 9.90. The molecule has 0 saturated heterocycles. The molecule has 2 atom stereocenters. The Morgan fingerprint density at radius 3 is 2.52 bits per heavy atom. The molecule has 1 aromatic rings. The normalized spacial score (nSPS) is 15.0. The van der Waals surface area contributed by atoms with Crippen LogP contribution in [0.25, 0.3) is 0 Å². The van der Waals surface area contributed by atoms with Gasteiger partial charge in [0.1, 0.15) is 11.3 Å². The summed E-state index contributed by atoms with van der Waals surface area (Å²) in [6.45, 7) is 8.99. The lowest BCUT2D eigenvalue weighted by molar-refractivity contribution is -0.129. The molecule has 21 heavy (non-hydrogen) atoms. The number of carbonyl (C=O) groups is 1. The number of hydrogen-bond donors (Lipinski definition) is 1. The van der Waals surface area contributed by atoms with Gasteiger partial charge in [-0.1, -0.05) is 25.4 Å². The van der Waals surface area contributed by atoms with Crippen LogP contribution < -0.4 is 10.1 Å². The number of carbonyl (C=O) groups excluding carboxylic acids is 1. The van der Waals surface area contributed by atoms with E-state index in [1.807, 2.05) is 20.8 Å². The Morgan fingerprint density at radius 1 is 1.43 bits per heavy atom. The highest BCUT2D eigenvalue weighted by Gasteiger charge is 2.32. The molecule has 1 amide bonds. The van der Waals surface area contributed by atoms with E-state index in [4.69, 9.17) is 16.3 Å². The van der Waals surface area contributed by atoms with Crippen molar-refractivity contribution >= 4 is 17.5 Å². The first kappa shape index (κ1) is 17.3. The molecule has 114 valence electrons. The molecule has 0 saturated carbocycles. The van der Waals surface area contributed by atoms with Crippen LogP contribution >= 0.6 is 11.6 Å². The summed E-state index contributed by atoms with van der Waals surface area (Å²) in [5.74, 6) is 0.281. The minimum Gasteiger partial charge on any atom is -0.481 e. The first-order chi connectivity index (χ1) is 9.69. The van der Waals surface area contributed by atoms with Crippen molar-refractivity contribution in [2.75, 3.05) is 0 Å². The minimum atomic E-state index is -0.913. The van der Waals surface area contributed by atoms with Gasteiger partial charge in [-0.15, -0.1) is 0 Å². The Kier molecular flexibility index (Phi) is 5.62. The van der Waals surface area contributed by atoms with Crippen LogP contribution in [-0.2, 0) is 4.79 Å². The van der Waals surface area contributed by atoms with E-state index in [-0.39, 0.29) is 11.8 Å². The summed E-state index contributed by atoms with van der Waals surface area (Å²) in [7, 11) is 0. The molecule has 1 N–H and O–H groups in total. The van der Waals surface area contributed by atoms with Gasteiger partial charge in [-0.05, 0) is 50.5 Å². The fourth-order valence-corrected chi connectivity index (χ4v) is 1.87. The molecule has 0 aliphatic carbocycles. The van der Waals surface area contributed by atoms with E-state index in [0.29, 0.717) is 10.8 Å². The lowest BCUT2D eigenvalue weighted by Gasteiger charge is -2.29. The Morgan fingerprint density at radius 2 is 2.05 bits per heavy atom. The van der Waals surface area contributed by atoms with E-state index in [2.05, 4.69) is 11.4 Å². The van der Waals surface area contributed by atoms with E-state index in [9.17, 15) is 10.1 Å². The van der Waals surface area contributed by atoms with Gasteiger partial charge in [0.25, 0.3) is 5.91 Å². The zero-order valence-corrected chi connectivity index (χ0v) is 13.8. The van der Waals surface area contributed by atoms with Crippen molar-refractivity contribution in [3.8, 4) is 11.8 Å². The van der Waals surface area contributed by atoms with Gasteiger partial charge in [-0.25, -0.2) is 0 Å². The minimum absolute atomic E-state index is 0.00378. The van der Waals surface area contributed by atoms with E-state index < -0.39 is 11.6 Å². The summed E-state index contributed by atoms with van der Waals surface area (Å²) < 4.78 is 5.65. The molecule has 5 heteroatoms. The maximum Gasteiger partial charge on any atom is 0.262 e. The molecule has 0 fully saturated rings. The van der Waals surface area contributed by atoms with Crippen molar-refractivity contribution < 1.29 is 9.53 Å². The lowest BCUT2D eigenvalue weighted by Crippen LogP contribution is -2.52. The Hall–Kier alpha value is -1.73. The number of nitriles is 1. The topological polar surface area (TPSA) is 62.1 Å². The number of amides is 1. The predicted molar refractivity (Wildman–Crippen MR) is 83.3 cm³/mol. The standard InChI is InChI=1S/C16H21ClN2O2/c1-10(2)16(5,9-18)19-15(20)12(4)21-14-7-6-13(17)8-11(14)3/h6-8,10,12H,1-5H3,(H,19,20)/t12-,16-/m1/s1. The molecule has 0 aliphatic rings. The molecular weight excluding hydrogens is 288 g/mol. The monoisotopic (exact) mass is 308 g/mol. The second kappa shape index (κ2) is 6.82. The number of nitrogens with zero attached hydrogens (tertiary/aromatic N) is 1. The quantitative estimate of drug-likeness (QED) is 0.906. The number of aryl methyl sites for hydroxylation is 1. The third kappa shape index (κ3) is 4.37. The number of hydrogen-bond acceptors (Lipinski definition) is 3. The van der Waals surface area contributed by atoms with Gasteiger partial charge in [-0.2, -0.15) is 5.26 Å². The molecule has 0 heterocycles. The summed E-state index contributed by atoms with van der Waals surface area (Å²) in [5, 5.41) is 12.6. The summed E-state index contributed by atoms with van der Waals surface area (Å²) in [4.78, 5) is 12.2. The van der Waals surface area contributed by atoms with Crippen LogP contribution in [0.15, 0.2) is 18.2 Å². The van der Waals surface area contributed by atoms with Crippen LogP contribution in [-0.4, -0.2) is 17.6 Å². The van der Waals surface area contributed by atoms with Gasteiger partial charge in [0.15, 0.2) is 6.10 Å². The van der Waals surface area contributed by atoms with Gasteiger partial charge in [0, 0.05) is 5.02 Å². The van der Waals surface area contributed by atoms with Crippen LogP contribution in [0, 0.1) is 24.2 Å². The Labute approximate surface area is 131 Å². The molecule has 0 aliphatic heterocycles. The van der Waals surface area contributed by atoms with Crippen molar-refractivity contribution in [1.82, 2.24) is 5.32 Å². The van der Waals surface area contributed by atoms with Crippen molar-refractivity contribution in [2.24, 2.45) is 5.92 Å². The number of benzene rings is 1. The van der Waals surface area contributed by atoms with Crippen LogP contribution in [0.1, 0.15) is 33.3 Å². The second-order valence-corrected chi connectivity index (χ2v) is 6.06. The van der Waals surface area contributed by atoms with Crippen molar-refractivity contribution in [2.45, 2.75) is 46.3 Å². The molecule has 1 aromatic carbocycles. The average Bonchev–Trinajstić information content (AvgIpc) is 2.41. The second-order valence-electron chi connectivity index (χ2n) is 5.63. The third-order valence-corrected chi connectivity index (χ3v) is 3.81. The van der Waals surface area contributed by atoms with Crippen molar-refractivity contribution in [1.29, 1.82) is 5.26 Å². The Balaban J connectivity index is 2.78. The Bertz CT molecular complexity index is 566. The van der Waals surface area contributed by atoms with E-state index in [0.717, 1.165) is 5.56 Å². The largest absolute Gasteiger partial charge is 0.481 e. The summed E-state index contributed by atoms with van der Waals surface area (Å²) in [6.07, 6.45) is -0.698. The number of halogens is 1. The predicted octanol–water partition coefficient (Wildman–Crippen LogP) is 3.47. The van der Waals surface area contributed by atoms with Crippen LogP contribution in [0.4, 0.5) is 0 Å². The molecule has 0 aromatic heterocycles. The maximum absolute atomic E-state index is 12.2. The van der Waals surface area contributed by atoms with E-state index in [1.54, 1.807) is 32.0 Å². The van der Waals surface area contributed by atoms with Crippen molar-refractivity contribution in [3.63, 3.8) is 0 Å². The summed E-state index contributed by atoms with van der Waals surface area (Å²) >= 11 is 5.89.